The second-order valence-corrected chi connectivity index (χ2v) is 12.6. The average Bonchev–Trinajstić information content (AvgIpc) is 3.65. The minimum atomic E-state index is -4.86. The number of aromatic nitrogens is 5. The van der Waals surface area contributed by atoms with Crippen LogP contribution in [0.5, 0.6) is 11.5 Å². The number of ether oxygens (including phenoxy) is 2. The van der Waals surface area contributed by atoms with Crippen LogP contribution in [0.25, 0.3) is 10.6 Å². The van der Waals surface area contributed by atoms with Crippen molar-refractivity contribution in [1.82, 2.24) is 30.3 Å². The number of rotatable bonds is 8. The van der Waals surface area contributed by atoms with Gasteiger partial charge in [-0.1, -0.05) is 0 Å². The number of nitrogens with zero attached hydrogens (tertiary/aromatic N) is 6. The summed E-state index contributed by atoms with van der Waals surface area (Å²) in [6.45, 7) is 5.88. The molecule has 0 saturated carbocycles. The second-order valence-electron chi connectivity index (χ2n) is 11.7. The lowest BCUT2D eigenvalue weighted by Gasteiger charge is -2.37. The van der Waals surface area contributed by atoms with E-state index in [4.69, 9.17) is 9.47 Å². The van der Waals surface area contributed by atoms with Crippen molar-refractivity contribution in [3.63, 3.8) is 0 Å². The average molecular weight is 659 g/mol. The Morgan fingerprint density at radius 1 is 1.13 bits per heavy atom. The van der Waals surface area contributed by atoms with Crippen LogP contribution in [0, 0.1) is 5.92 Å². The molecule has 1 aliphatic heterocycles. The second kappa shape index (κ2) is 13.3. The van der Waals surface area contributed by atoms with Gasteiger partial charge < -0.3 is 25.0 Å². The third-order valence-corrected chi connectivity index (χ3v) is 7.81. The first-order valence-electron chi connectivity index (χ1n) is 14.4. The molecule has 1 saturated heterocycles. The molecule has 46 heavy (non-hydrogen) atoms. The number of aryl methyl sites for hydroxylation is 1. The SMILES string of the molecule is Cn1cc(Oc2ccc(NC(=O)c3csc(-c4ccnnc4)n3)c(N3CCC[C@@H](CNC(=O)OC(C)(C)C)C3)c2C(F)(F)F)cn1. The van der Waals surface area contributed by atoms with Gasteiger partial charge in [-0.3, -0.25) is 9.48 Å². The Kier molecular flexibility index (Phi) is 9.46. The third kappa shape index (κ3) is 8.10. The van der Waals surface area contributed by atoms with Crippen LogP contribution in [0.4, 0.5) is 29.3 Å². The number of piperidine rings is 1. The molecule has 1 aliphatic rings. The van der Waals surface area contributed by atoms with Gasteiger partial charge in [0, 0.05) is 37.6 Å². The van der Waals surface area contributed by atoms with Crippen LogP contribution in [0.2, 0.25) is 0 Å². The highest BCUT2D eigenvalue weighted by Gasteiger charge is 2.41. The molecule has 2 amide bonds. The maximum atomic E-state index is 15.0. The molecule has 4 heterocycles. The van der Waals surface area contributed by atoms with E-state index in [0.29, 0.717) is 23.4 Å². The summed E-state index contributed by atoms with van der Waals surface area (Å²) in [5.41, 5.74) is -1.36. The van der Waals surface area contributed by atoms with Crippen LogP contribution < -0.4 is 20.3 Å². The van der Waals surface area contributed by atoms with Crippen molar-refractivity contribution in [2.24, 2.45) is 13.0 Å². The van der Waals surface area contributed by atoms with Crippen LogP contribution in [0.15, 0.2) is 48.4 Å². The number of benzene rings is 1. The summed E-state index contributed by atoms with van der Waals surface area (Å²) >= 11 is 1.20. The van der Waals surface area contributed by atoms with E-state index in [-0.39, 0.29) is 48.4 Å². The van der Waals surface area contributed by atoms with Gasteiger partial charge in [-0.05, 0) is 57.7 Å². The highest BCUT2D eigenvalue weighted by atomic mass is 32.1. The Morgan fingerprint density at radius 2 is 1.93 bits per heavy atom. The summed E-state index contributed by atoms with van der Waals surface area (Å²) in [5.74, 6) is -1.19. The molecule has 1 atom stereocenters. The maximum Gasteiger partial charge on any atom is 0.422 e. The molecule has 16 heteroatoms. The Balaban J connectivity index is 1.48. The Hall–Kier alpha value is -4.73. The Morgan fingerprint density at radius 3 is 2.61 bits per heavy atom. The van der Waals surface area contributed by atoms with Crippen LogP contribution in [0.3, 0.4) is 0 Å². The summed E-state index contributed by atoms with van der Waals surface area (Å²) in [6.07, 6.45) is 1.51. The summed E-state index contributed by atoms with van der Waals surface area (Å²) in [4.78, 5) is 31.6. The lowest BCUT2D eigenvalue weighted by Crippen LogP contribution is -2.43. The predicted molar refractivity (Wildman–Crippen MR) is 165 cm³/mol. The van der Waals surface area contributed by atoms with Gasteiger partial charge in [0.2, 0.25) is 0 Å². The minimum absolute atomic E-state index is 0.0325. The predicted octanol–water partition coefficient (Wildman–Crippen LogP) is 6.14. The number of carbonyl (C=O) groups excluding carboxylic acids is 2. The van der Waals surface area contributed by atoms with E-state index in [2.05, 4.69) is 30.9 Å². The fourth-order valence-electron chi connectivity index (χ4n) is 5.03. The van der Waals surface area contributed by atoms with Crippen molar-refractivity contribution in [2.75, 3.05) is 29.9 Å². The molecular weight excluding hydrogens is 625 g/mol. The molecular formula is C30H33F3N8O4S. The fraction of sp³-hybridized carbons (Fsp3) is 0.400. The van der Waals surface area contributed by atoms with Crippen LogP contribution in [0.1, 0.15) is 49.7 Å². The van der Waals surface area contributed by atoms with Gasteiger partial charge in [0.15, 0.2) is 5.75 Å². The molecule has 0 bridgehead atoms. The normalized spacial score (nSPS) is 15.4. The molecule has 1 aromatic carbocycles. The largest absolute Gasteiger partial charge is 0.453 e. The number of carbonyl (C=O) groups is 2. The molecule has 1 fully saturated rings. The van der Waals surface area contributed by atoms with Crippen LogP contribution in [-0.2, 0) is 18.0 Å². The smallest absolute Gasteiger partial charge is 0.422 e. The molecule has 4 aromatic rings. The summed E-state index contributed by atoms with van der Waals surface area (Å²) < 4.78 is 57.4. The molecule has 5 rings (SSSR count). The first kappa shape index (κ1) is 32.7. The van der Waals surface area contributed by atoms with E-state index in [0.717, 1.165) is 0 Å². The number of alkyl halides is 3. The third-order valence-electron chi connectivity index (χ3n) is 6.92. The van der Waals surface area contributed by atoms with Crippen LogP contribution in [-0.4, -0.2) is 62.2 Å². The van der Waals surface area contributed by atoms with Gasteiger partial charge in [0.05, 0.1) is 36.2 Å². The van der Waals surface area contributed by atoms with Gasteiger partial charge in [0.1, 0.15) is 27.6 Å². The maximum absolute atomic E-state index is 15.0. The quantitative estimate of drug-likeness (QED) is 0.229. The molecule has 0 spiro atoms. The van der Waals surface area contributed by atoms with Gasteiger partial charge >= 0.3 is 12.3 Å². The number of amides is 2. The monoisotopic (exact) mass is 658 g/mol. The van der Waals surface area contributed by atoms with Crippen molar-refractivity contribution in [2.45, 2.75) is 45.4 Å². The van der Waals surface area contributed by atoms with E-state index >= 15 is 0 Å². The number of alkyl carbamates (subject to hydrolysis) is 1. The zero-order valence-corrected chi connectivity index (χ0v) is 26.4. The van der Waals surface area contributed by atoms with E-state index in [1.165, 1.54) is 58.3 Å². The summed E-state index contributed by atoms with van der Waals surface area (Å²) in [6, 6.07) is 4.25. The number of nitrogens with one attached hydrogen (secondary N) is 2. The molecule has 3 aromatic heterocycles. The number of thiazole rings is 1. The van der Waals surface area contributed by atoms with Crippen molar-refractivity contribution in [3.8, 4) is 22.1 Å². The summed E-state index contributed by atoms with van der Waals surface area (Å²) in [7, 11) is 1.62. The van der Waals surface area contributed by atoms with Gasteiger partial charge in [0.25, 0.3) is 5.91 Å². The first-order valence-corrected chi connectivity index (χ1v) is 15.3. The van der Waals surface area contributed by atoms with Gasteiger partial charge in [-0.15, -0.1) is 11.3 Å². The standard InChI is InChI=1S/C30H33F3N8O4S/c1-29(2,3)45-28(43)34-12-18-6-5-11-41(15-18)25-21(38-26(42)22-17-46-27(39-22)19-9-10-35-36-13-19)7-8-23(24(25)30(31,32)33)44-20-14-37-40(4)16-20/h7-10,13-14,16-18H,5-6,11-12,15H2,1-4H3,(H,34,43)(H,38,42)/t18-/m0/s1. The molecule has 0 unspecified atom stereocenters. The molecule has 244 valence electrons. The van der Waals surface area contributed by atoms with Gasteiger partial charge in [-0.25, -0.2) is 9.78 Å². The zero-order chi connectivity index (χ0) is 33.1. The van der Waals surface area contributed by atoms with Crippen molar-refractivity contribution < 1.29 is 32.2 Å². The van der Waals surface area contributed by atoms with Crippen LogP contribution >= 0.6 is 11.3 Å². The number of hydrogen-bond donors (Lipinski definition) is 2. The number of anilines is 2. The van der Waals surface area contributed by atoms with Gasteiger partial charge in [-0.2, -0.15) is 28.5 Å². The molecule has 12 nitrogen and oxygen atoms in total. The molecule has 0 aliphatic carbocycles. The van der Waals surface area contributed by atoms with E-state index < -0.39 is 35.1 Å². The number of halogens is 3. The minimum Gasteiger partial charge on any atom is -0.453 e. The van der Waals surface area contributed by atoms with E-state index in [9.17, 15) is 22.8 Å². The topological polar surface area (TPSA) is 136 Å². The zero-order valence-electron chi connectivity index (χ0n) is 25.6. The van der Waals surface area contributed by atoms with Crippen molar-refractivity contribution in [1.29, 1.82) is 0 Å². The Bertz CT molecular complexity index is 1690. The fourth-order valence-corrected chi connectivity index (χ4v) is 5.82. The highest BCUT2D eigenvalue weighted by molar-refractivity contribution is 7.13. The summed E-state index contributed by atoms with van der Waals surface area (Å²) in [5, 5.41) is 19.0. The molecule has 2 N–H and O–H groups in total. The molecule has 0 radical (unpaired) electrons. The lowest BCUT2D eigenvalue weighted by atomic mass is 9.96. The van der Waals surface area contributed by atoms with E-state index in [1.807, 2.05) is 0 Å². The Labute approximate surface area is 266 Å². The van der Waals surface area contributed by atoms with Crippen molar-refractivity contribution in [3.05, 3.63) is 59.6 Å². The van der Waals surface area contributed by atoms with E-state index in [1.54, 1.807) is 38.8 Å². The first-order chi connectivity index (χ1) is 21.8. The number of hydrogen-bond acceptors (Lipinski definition) is 10. The van der Waals surface area contributed by atoms with Crippen molar-refractivity contribution >= 4 is 34.7 Å². The lowest BCUT2D eigenvalue weighted by molar-refractivity contribution is -0.138. The highest BCUT2D eigenvalue weighted by Crippen LogP contribution is 2.48.